The van der Waals surface area contributed by atoms with E-state index < -0.39 is 11.6 Å². The first-order valence-corrected chi connectivity index (χ1v) is 7.72. The SMILES string of the molecule is CN1CCCC(NC(=O)C(C)(N)c2ccc(Br)cc2)C1=O.Cl. The van der Waals surface area contributed by atoms with Crippen molar-refractivity contribution in [2.24, 2.45) is 5.73 Å². The summed E-state index contributed by atoms with van der Waals surface area (Å²) in [6, 6.07) is 6.81. The van der Waals surface area contributed by atoms with E-state index in [-0.39, 0.29) is 24.2 Å². The lowest BCUT2D eigenvalue weighted by Gasteiger charge is -2.32. The van der Waals surface area contributed by atoms with Crippen molar-refractivity contribution in [2.45, 2.75) is 31.3 Å². The van der Waals surface area contributed by atoms with Crippen molar-refractivity contribution in [1.29, 1.82) is 0 Å². The molecule has 2 rings (SSSR count). The van der Waals surface area contributed by atoms with E-state index in [4.69, 9.17) is 5.73 Å². The fourth-order valence-corrected chi connectivity index (χ4v) is 2.67. The highest BCUT2D eigenvalue weighted by Crippen LogP contribution is 2.21. The summed E-state index contributed by atoms with van der Waals surface area (Å²) in [6.45, 7) is 2.39. The molecule has 1 aromatic carbocycles. The molecule has 1 fully saturated rings. The average Bonchev–Trinajstić information content (AvgIpc) is 2.44. The zero-order chi connectivity index (χ0) is 15.6. The Labute approximate surface area is 145 Å². The van der Waals surface area contributed by atoms with Crippen LogP contribution in [-0.2, 0) is 15.1 Å². The number of likely N-dealkylation sites (tertiary alicyclic amines) is 1. The molecule has 1 aliphatic heterocycles. The van der Waals surface area contributed by atoms with Crippen LogP contribution in [0.5, 0.6) is 0 Å². The highest BCUT2D eigenvalue weighted by atomic mass is 79.9. The lowest BCUT2D eigenvalue weighted by molar-refractivity contribution is -0.138. The van der Waals surface area contributed by atoms with Gasteiger partial charge in [0.25, 0.3) is 0 Å². The Morgan fingerprint density at radius 1 is 1.41 bits per heavy atom. The molecule has 0 spiro atoms. The van der Waals surface area contributed by atoms with Crippen LogP contribution in [0.1, 0.15) is 25.3 Å². The van der Waals surface area contributed by atoms with Crippen LogP contribution in [0.4, 0.5) is 0 Å². The molecule has 0 bridgehead atoms. The van der Waals surface area contributed by atoms with Crippen molar-refractivity contribution in [3.8, 4) is 0 Å². The minimum atomic E-state index is -1.17. The van der Waals surface area contributed by atoms with Crippen LogP contribution in [0.2, 0.25) is 0 Å². The van der Waals surface area contributed by atoms with Gasteiger partial charge in [0.15, 0.2) is 0 Å². The summed E-state index contributed by atoms with van der Waals surface area (Å²) < 4.78 is 0.923. The van der Waals surface area contributed by atoms with Gasteiger partial charge in [0.05, 0.1) is 0 Å². The smallest absolute Gasteiger partial charge is 0.245 e. The molecule has 2 atom stereocenters. The Bertz CT molecular complexity index is 548. The van der Waals surface area contributed by atoms with Crippen LogP contribution in [0.25, 0.3) is 0 Å². The lowest BCUT2D eigenvalue weighted by atomic mass is 9.91. The number of rotatable bonds is 3. The molecular weight excluding hydrogens is 370 g/mol. The van der Waals surface area contributed by atoms with Crippen LogP contribution in [0.15, 0.2) is 28.7 Å². The Kier molecular flexibility index (Phi) is 6.40. The number of hydrogen-bond acceptors (Lipinski definition) is 3. The van der Waals surface area contributed by atoms with Crippen molar-refractivity contribution in [2.75, 3.05) is 13.6 Å². The number of halogens is 2. The van der Waals surface area contributed by atoms with Crippen LogP contribution < -0.4 is 11.1 Å². The van der Waals surface area contributed by atoms with Gasteiger partial charge in [-0.15, -0.1) is 12.4 Å². The topological polar surface area (TPSA) is 75.4 Å². The molecule has 5 nitrogen and oxygen atoms in total. The second-order valence-corrected chi connectivity index (χ2v) is 6.55. The summed E-state index contributed by atoms with van der Waals surface area (Å²) in [7, 11) is 1.75. The van der Waals surface area contributed by atoms with E-state index >= 15 is 0 Å². The Balaban J connectivity index is 0.00000242. The molecule has 2 unspecified atom stereocenters. The maximum atomic E-state index is 12.5. The van der Waals surface area contributed by atoms with Crippen LogP contribution in [0.3, 0.4) is 0 Å². The molecule has 122 valence electrons. The quantitative estimate of drug-likeness (QED) is 0.826. The Morgan fingerprint density at radius 2 is 2.00 bits per heavy atom. The molecular formula is C15H21BrClN3O2. The molecule has 0 saturated carbocycles. The number of piperidine rings is 1. The fourth-order valence-electron chi connectivity index (χ4n) is 2.40. The molecule has 7 heteroatoms. The number of nitrogens with zero attached hydrogens (tertiary/aromatic N) is 1. The minimum Gasteiger partial charge on any atom is -0.344 e. The number of hydrogen-bond donors (Lipinski definition) is 2. The molecule has 0 aliphatic carbocycles. The van der Waals surface area contributed by atoms with Gasteiger partial charge in [0.2, 0.25) is 11.8 Å². The maximum absolute atomic E-state index is 12.5. The number of nitrogens with two attached hydrogens (primary N) is 1. The predicted octanol–water partition coefficient (Wildman–Crippen LogP) is 1.78. The van der Waals surface area contributed by atoms with E-state index in [1.54, 1.807) is 31.0 Å². The molecule has 0 radical (unpaired) electrons. The summed E-state index contributed by atoms with van der Waals surface area (Å²) in [6.07, 6.45) is 1.54. The molecule has 0 aromatic heterocycles. The van der Waals surface area contributed by atoms with Gasteiger partial charge in [0.1, 0.15) is 11.6 Å². The van der Waals surface area contributed by atoms with Crippen molar-refractivity contribution in [1.82, 2.24) is 10.2 Å². The van der Waals surface area contributed by atoms with Crippen molar-refractivity contribution >= 4 is 40.2 Å². The van der Waals surface area contributed by atoms with E-state index in [9.17, 15) is 9.59 Å². The van der Waals surface area contributed by atoms with E-state index in [1.807, 2.05) is 12.1 Å². The fraction of sp³-hybridized carbons (Fsp3) is 0.467. The monoisotopic (exact) mass is 389 g/mol. The van der Waals surface area contributed by atoms with Gasteiger partial charge in [-0.2, -0.15) is 0 Å². The van der Waals surface area contributed by atoms with Gasteiger partial charge in [-0.05, 0) is 37.5 Å². The molecule has 2 amide bonds. The van der Waals surface area contributed by atoms with E-state index in [1.165, 1.54) is 0 Å². The number of benzene rings is 1. The van der Waals surface area contributed by atoms with Crippen molar-refractivity contribution in [3.05, 3.63) is 34.3 Å². The number of nitrogens with one attached hydrogen (secondary N) is 1. The van der Waals surface area contributed by atoms with Crippen LogP contribution in [-0.4, -0.2) is 36.3 Å². The van der Waals surface area contributed by atoms with Gasteiger partial charge in [0, 0.05) is 18.1 Å². The molecule has 1 aliphatic rings. The van der Waals surface area contributed by atoms with Gasteiger partial charge < -0.3 is 16.0 Å². The summed E-state index contributed by atoms with van der Waals surface area (Å²) in [5, 5.41) is 2.79. The van der Waals surface area contributed by atoms with E-state index in [2.05, 4.69) is 21.2 Å². The zero-order valence-electron chi connectivity index (χ0n) is 12.6. The third-order valence-electron chi connectivity index (χ3n) is 3.88. The highest BCUT2D eigenvalue weighted by molar-refractivity contribution is 9.10. The average molecular weight is 391 g/mol. The summed E-state index contributed by atoms with van der Waals surface area (Å²) in [4.78, 5) is 26.1. The molecule has 1 heterocycles. The highest BCUT2D eigenvalue weighted by Gasteiger charge is 2.35. The van der Waals surface area contributed by atoms with Gasteiger partial charge in [-0.1, -0.05) is 28.1 Å². The second-order valence-electron chi connectivity index (χ2n) is 5.64. The summed E-state index contributed by atoms with van der Waals surface area (Å²) in [5.41, 5.74) is 5.72. The lowest BCUT2D eigenvalue weighted by Crippen LogP contribution is -2.57. The summed E-state index contributed by atoms with van der Waals surface area (Å²) in [5.74, 6) is -0.389. The third kappa shape index (κ3) is 4.00. The Hall–Kier alpha value is -1.11. The molecule has 22 heavy (non-hydrogen) atoms. The number of likely N-dealkylation sites (N-methyl/N-ethyl adjacent to an activating group) is 1. The Morgan fingerprint density at radius 3 is 2.59 bits per heavy atom. The first-order valence-electron chi connectivity index (χ1n) is 6.93. The third-order valence-corrected chi connectivity index (χ3v) is 4.41. The van der Waals surface area contributed by atoms with Gasteiger partial charge in [-0.25, -0.2) is 0 Å². The van der Waals surface area contributed by atoms with Crippen molar-refractivity contribution < 1.29 is 9.59 Å². The zero-order valence-corrected chi connectivity index (χ0v) is 15.0. The van der Waals surface area contributed by atoms with Gasteiger partial charge in [-0.3, -0.25) is 9.59 Å². The first-order chi connectivity index (χ1) is 9.82. The van der Waals surface area contributed by atoms with E-state index in [0.29, 0.717) is 12.0 Å². The largest absolute Gasteiger partial charge is 0.344 e. The van der Waals surface area contributed by atoms with Crippen LogP contribution in [0, 0.1) is 0 Å². The molecule has 3 N–H and O–H groups in total. The maximum Gasteiger partial charge on any atom is 0.245 e. The standard InChI is InChI=1S/C15H20BrN3O2.ClH/c1-15(17,10-5-7-11(16)8-6-10)14(21)18-12-4-3-9-19(2)13(12)20;/h5-8,12H,3-4,9,17H2,1-2H3,(H,18,21);1H. The van der Waals surface area contributed by atoms with Gasteiger partial charge >= 0.3 is 0 Å². The minimum absolute atomic E-state index is 0. The number of carbonyl (C=O) groups excluding carboxylic acids is 2. The number of amides is 2. The van der Waals surface area contributed by atoms with Crippen LogP contribution >= 0.6 is 28.3 Å². The first kappa shape index (κ1) is 18.9. The second kappa shape index (κ2) is 7.44. The van der Waals surface area contributed by atoms with E-state index in [0.717, 1.165) is 17.4 Å². The normalized spacial score (nSPS) is 20.8. The number of carbonyl (C=O) groups is 2. The predicted molar refractivity (Wildman–Crippen MR) is 91.7 cm³/mol. The molecule has 1 saturated heterocycles. The summed E-state index contributed by atoms with van der Waals surface area (Å²) >= 11 is 3.35. The van der Waals surface area contributed by atoms with Crippen molar-refractivity contribution in [3.63, 3.8) is 0 Å². The molecule has 1 aromatic rings.